The normalized spacial score (nSPS) is 10.6. The molecular weight excluding hydrogens is 509 g/mol. The van der Waals surface area contributed by atoms with Crippen LogP contribution in [-0.4, -0.2) is 12.5 Å². The minimum Gasteiger partial charge on any atom is -0.476 e. The summed E-state index contributed by atoms with van der Waals surface area (Å²) in [4.78, 5) is 12.4. The first-order chi connectivity index (χ1) is 12.4. The molecule has 0 atom stereocenters. The first-order valence-electron chi connectivity index (χ1n) is 7.43. The third-order valence-electron chi connectivity index (χ3n) is 3.25. The number of amides is 1. The SMILES string of the molecule is Cc1cccc(NC(=O)/C(C#N)=C\c2cc(Br)c(OCC#N)c(I)c2)c1. The van der Waals surface area contributed by atoms with Gasteiger partial charge in [0.25, 0.3) is 5.91 Å². The van der Waals surface area contributed by atoms with E-state index in [1.807, 2.05) is 37.3 Å². The molecule has 26 heavy (non-hydrogen) atoms. The number of carbonyl (C=O) groups is 1. The molecule has 0 aromatic heterocycles. The fourth-order valence-electron chi connectivity index (χ4n) is 2.14. The Kier molecular flexibility index (Phi) is 7.19. The van der Waals surface area contributed by atoms with Crippen LogP contribution >= 0.6 is 38.5 Å². The van der Waals surface area contributed by atoms with Crippen LogP contribution in [0.3, 0.4) is 0 Å². The van der Waals surface area contributed by atoms with Crippen molar-refractivity contribution in [2.75, 3.05) is 11.9 Å². The Morgan fingerprint density at radius 1 is 1.35 bits per heavy atom. The van der Waals surface area contributed by atoms with Crippen molar-refractivity contribution in [3.63, 3.8) is 0 Å². The summed E-state index contributed by atoms with van der Waals surface area (Å²) in [7, 11) is 0. The zero-order chi connectivity index (χ0) is 19.1. The van der Waals surface area contributed by atoms with E-state index in [1.165, 1.54) is 6.08 Å². The second-order valence-corrected chi connectivity index (χ2v) is 7.27. The number of nitrogens with one attached hydrogen (secondary N) is 1. The molecule has 1 N–H and O–H groups in total. The van der Waals surface area contributed by atoms with Gasteiger partial charge in [-0.3, -0.25) is 4.79 Å². The van der Waals surface area contributed by atoms with Gasteiger partial charge in [-0.2, -0.15) is 10.5 Å². The van der Waals surface area contributed by atoms with E-state index < -0.39 is 5.91 Å². The number of hydrogen-bond donors (Lipinski definition) is 1. The number of halogens is 2. The van der Waals surface area contributed by atoms with Crippen LogP contribution in [0.2, 0.25) is 0 Å². The highest BCUT2D eigenvalue weighted by Crippen LogP contribution is 2.32. The fraction of sp³-hybridized carbons (Fsp3) is 0.105. The van der Waals surface area contributed by atoms with Crippen LogP contribution in [0.4, 0.5) is 5.69 Å². The number of aryl methyl sites for hydroxylation is 1. The molecule has 1 amide bonds. The number of nitrogens with zero attached hydrogens (tertiary/aromatic N) is 2. The Hall–Kier alpha value is -2.36. The van der Waals surface area contributed by atoms with Gasteiger partial charge in [0.05, 0.1) is 8.04 Å². The number of anilines is 1. The summed E-state index contributed by atoms with van der Waals surface area (Å²) in [6.07, 6.45) is 1.51. The van der Waals surface area contributed by atoms with Crippen molar-refractivity contribution >= 4 is 56.2 Å². The summed E-state index contributed by atoms with van der Waals surface area (Å²) < 4.78 is 6.76. The second kappa shape index (κ2) is 9.37. The molecule has 0 saturated carbocycles. The van der Waals surface area contributed by atoms with Crippen LogP contribution in [0.5, 0.6) is 5.75 Å². The van der Waals surface area contributed by atoms with E-state index >= 15 is 0 Å². The van der Waals surface area contributed by atoms with E-state index in [-0.39, 0.29) is 12.2 Å². The van der Waals surface area contributed by atoms with Gasteiger partial charge in [-0.25, -0.2) is 0 Å². The molecule has 0 radical (unpaired) electrons. The number of ether oxygens (including phenoxy) is 1. The summed E-state index contributed by atoms with van der Waals surface area (Å²) in [5.41, 5.74) is 2.30. The van der Waals surface area contributed by atoms with Crippen molar-refractivity contribution in [1.82, 2.24) is 0 Å². The summed E-state index contributed by atoms with van der Waals surface area (Å²) in [6, 6.07) is 14.7. The first kappa shape index (κ1) is 20.0. The number of carbonyl (C=O) groups excluding carboxylic acids is 1. The Morgan fingerprint density at radius 2 is 2.12 bits per heavy atom. The lowest BCUT2D eigenvalue weighted by Crippen LogP contribution is -2.13. The number of hydrogen-bond acceptors (Lipinski definition) is 4. The van der Waals surface area contributed by atoms with E-state index in [0.717, 1.165) is 9.13 Å². The molecular formula is C19H13BrIN3O2. The second-order valence-electron chi connectivity index (χ2n) is 5.25. The largest absolute Gasteiger partial charge is 0.476 e. The zero-order valence-corrected chi connectivity index (χ0v) is 17.5. The van der Waals surface area contributed by atoms with E-state index in [0.29, 0.717) is 21.5 Å². The number of nitriles is 2. The molecule has 0 unspecified atom stereocenters. The summed E-state index contributed by atoms with van der Waals surface area (Å²) >= 11 is 5.46. The molecule has 0 aliphatic rings. The molecule has 0 bridgehead atoms. The van der Waals surface area contributed by atoms with Crippen molar-refractivity contribution in [3.05, 3.63) is 61.1 Å². The molecule has 130 valence electrons. The van der Waals surface area contributed by atoms with Crippen LogP contribution in [0.1, 0.15) is 11.1 Å². The Labute approximate surface area is 173 Å². The molecule has 0 aliphatic carbocycles. The van der Waals surface area contributed by atoms with Crippen LogP contribution in [-0.2, 0) is 4.79 Å². The lowest BCUT2D eigenvalue weighted by Gasteiger charge is -2.09. The van der Waals surface area contributed by atoms with E-state index in [1.54, 1.807) is 18.2 Å². The monoisotopic (exact) mass is 521 g/mol. The van der Waals surface area contributed by atoms with E-state index in [4.69, 9.17) is 10.00 Å². The Morgan fingerprint density at radius 3 is 2.73 bits per heavy atom. The fourth-order valence-corrected chi connectivity index (χ4v) is 3.91. The Bertz CT molecular complexity index is 935. The zero-order valence-electron chi connectivity index (χ0n) is 13.7. The van der Waals surface area contributed by atoms with Crippen molar-refractivity contribution in [3.8, 4) is 17.9 Å². The van der Waals surface area contributed by atoms with Gasteiger partial charge in [-0.05, 0) is 86.9 Å². The van der Waals surface area contributed by atoms with Gasteiger partial charge in [0, 0.05) is 5.69 Å². The highest BCUT2D eigenvalue weighted by Gasteiger charge is 2.12. The lowest BCUT2D eigenvalue weighted by molar-refractivity contribution is -0.112. The van der Waals surface area contributed by atoms with Gasteiger partial charge in [0.15, 0.2) is 6.61 Å². The van der Waals surface area contributed by atoms with Crippen LogP contribution in [0.25, 0.3) is 6.08 Å². The quantitative estimate of drug-likeness (QED) is 0.347. The van der Waals surface area contributed by atoms with Crippen molar-refractivity contribution in [2.45, 2.75) is 6.92 Å². The molecule has 0 saturated heterocycles. The maximum Gasteiger partial charge on any atom is 0.266 e. The lowest BCUT2D eigenvalue weighted by atomic mass is 10.1. The van der Waals surface area contributed by atoms with Crippen LogP contribution in [0, 0.1) is 33.2 Å². The number of rotatable bonds is 5. The van der Waals surface area contributed by atoms with Crippen molar-refractivity contribution in [2.24, 2.45) is 0 Å². The highest BCUT2D eigenvalue weighted by molar-refractivity contribution is 14.1. The van der Waals surface area contributed by atoms with Crippen LogP contribution < -0.4 is 10.1 Å². The van der Waals surface area contributed by atoms with Gasteiger partial charge in [-0.1, -0.05) is 12.1 Å². The van der Waals surface area contributed by atoms with Crippen molar-refractivity contribution < 1.29 is 9.53 Å². The maximum atomic E-state index is 12.4. The predicted octanol–water partition coefficient (Wildman–Crippen LogP) is 4.81. The van der Waals surface area contributed by atoms with Crippen LogP contribution in [0.15, 0.2) is 46.4 Å². The maximum absolute atomic E-state index is 12.4. The topological polar surface area (TPSA) is 85.9 Å². The third-order valence-corrected chi connectivity index (χ3v) is 4.64. The van der Waals surface area contributed by atoms with Gasteiger partial charge >= 0.3 is 0 Å². The molecule has 0 fully saturated rings. The predicted molar refractivity (Wildman–Crippen MR) is 111 cm³/mol. The third kappa shape index (κ3) is 5.32. The molecule has 5 nitrogen and oxygen atoms in total. The van der Waals surface area contributed by atoms with Gasteiger partial charge < -0.3 is 10.1 Å². The molecule has 7 heteroatoms. The summed E-state index contributed by atoms with van der Waals surface area (Å²) in [6.45, 7) is 1.86. The Balaban J connectivity index is 2.27. The van der Waals surface area contributed by atoms with E-state index in [2.05, 4.69) is 43.8 Å². The molecule has 2 aromatic rings. The van der Waals surface area contributed by atoms with Gasteiger partial charge in [0.2, 0.25) is 0 Å². The minimum atomic E-state index is -0.478. The average molecular weight is 522 g/mol. The minimum absolute atomic E-state index is 0.0140. The molecule has 0 heterocycles. The summed E-state index contributed by atoms with van der Waals surface area (Å²) in [5, 5.41) is 20.7. The van der Waals surface area contributed by atoms with Gasteiger partial charge in [0.1, 0.15) is 23.5 Å². The molecule has 2 rings (SSSR count). The number of benzene rings is 2. The van der Waals surface area contributed by atoms with Crippen molar-refractivity contribution in [1.29, 1.82) is 10.5 Å². The first-order valence-corrected chi connectivity index (χ1v) is 9.30. The standard InChI is InChI=1S/C19H13BrIN3O2/c1-12-3-2-4-15(7-12)24-19(25)14(11-23)8-13-9-16(20)18(17(21)10-13)26-6-5-22/h2-4,7-10H,6H2,1H3,(H,24,25)/b14-8-. The average Bonchev–Trinajstić information content (AvgIpc) is 2.59. The smallest absolute Gasteiger partial charge is 0.266 e. The molecule has 0 aliphatic heterocycles. The summed E-state index contributed by atoms with van der Waals surface area (Å²) in [5.74, 6) is 0.0704. The highest BCUT2D eigenvalue weighted by atomic mass is 127. The molecule has 2 aromatic carbocycles. The molecule has 0 spiro atoms. The van der Waals surface area contributed by atoms with Gasteiger partial charge in [-0.15, -0.1) is 0 Å². The van der Waals surface area contributed by atoms with E-state index in [9.17, 15) is 10.1 Å².